The summed E-state index contributed by atoms with van der Waals surface area (Å²) in [6.45, 7) is -0.810. The van der Waals surface area contributed by atoms with Gasteiger partial charge < -0.3 is 10.2 Å². The molecule has 240 valence electrons. The van der Waals surface area contributed by atoms with Gasteiger partial charge >= 0.3 is 0 Å². The molecule has 1 saturated carbocycles. The van der Waals surface area contributed by atoms with Crippen molar-refractivity contribution in [2.45, 2.75) is 62.0 Å². The number of benzene rings is 4. The highest BCUT2D eigenvalue weighted by Crippen LogP contribution is 2.28. The first-order valence-electron chi connectivity index (χ1n) is 15.4. The first-order chi connectivity index (χ1) is 22.2. The van der Waals surface area contributed by atoms with Crippen molar-refractivity contribution in [3.05, 3.63) is 131 Å². The van der Waals surface area contributed by atoms with Crippen LogP contribution in [0.15, 0.2) is 114 Å². The Morgan fingerprint density at radius 3 is 2.11 bits per heavy atom. The van der Waals surface area contributed by atoms with Crippen molar-refractivity contribution in [2.24, 2.45) is 0 Å². The number of nitrogens with one attached hydrogen (secondary N) is 1. The number of carbonyl (C=O) groups is 2. The van der Waals surface area contributed by atoms with Gasteiger partial charge in [0.05, 0.1) is 10.6 Å². The van der Waals surface area contributed by atoms with Gasteiger partial charge in [0.15, 0.2) is 0 Å². The smallest absolute Gasteiger partial charge is 0.264 e. The number of anilines is 1. The molecule has 7 nitrogen and oxygen atoms in total. The summed E-state index contributed by atoms with van der Waals surface area (Å²) in [7, 11) is -4.39. The highest BCUT2D eigenvalue weighted by molar-refractivity contribution is 7.92. The van der Waals surface area contributed by atoms with Crippen molar-refractivity contribution in [1.82, 2.24) is 10.2 Å². The SMILES string of the molecule is O=C(NC1CCCCC1)C(Cc1ccccc1)N(Cc1ccccc1Cl)C(=O)CN(c1ccccc1F)S(=O)(=O)c1ccccc1. The molecule has 1 fully saturated rings. The Kier molecular flexibility index (Phi) is 11.1. The lowest BCUT2D eigenvalue weighted by molar-refractivity contribution is -0.140. The molecule has 0 radical (unpaired) electrons. The first-order valence-corrected chi connectivity index (χ1v) is 17.3. The van der Waals surface area contributed by atoms with Crippen LogP contribution in [0.5, 0.6) is 0 Å². The quantitative estimate of drug-likeness (QED) is 0.182. The van der Waals surface area contributed by atoms with Crippen LogP contribution in [0.3, 0.4) is 0 Å². The van der Waals surface area contributed by atoms with Crippen LogP contribution in [0.2, 0.25) is 5.02 Å². The maximum Gasteiger partial charge on any atom is 0.264 e. The number of rotatable bonds is 12. The van der Waals surface area contributed by atoms with Gasteiger partial charge in [-0.1, -0.05) is 110 Å². The van der Waals surface area contributed by atoms with Gasteiger partial charge in [-0.05, 0) is 54.3 Å². The average molecular weight is 662 g/mol. The molecule has 0 saturated heterocycles. The van der Waals surface area contributed by atoms with Crippen LogP contribution >= 0.6 is 11.6 Å². The lowest BCUT2D eigenvalue weighted by atomic mass is 9.94. The fourth-order valence-electron chi connectivity index (χ4n) is 5.80. The van der Waals surface area contributed by atoms with Gasteiger partial charge in [0.1, 0.15) is 18.4 Å². The predicted octanol–water partition coefficient (Wildman–Crippen LogP) is 6.76. The molecule has 4 aromatic carbocycles. The minimum atomic E-state index is -4.39. The minimum absolute atomic E-state index is 0.0230. The molecule has 0 bridgehead atoms. The van der Waals surface area contributed by atoms with Crippen molar-refractivity contribution in [1.29, 1.82) is 0 Å². The molecule has 1 aliphatic carbocycles. The molecule has 4 aromatic rings. The van der Waals surface area contributed by atoms with E-state index in [2.05, 4.69) is 5.32 Å². The van der Waals surface area contributed by atoms with Crippen LogP contribution in [0, 0.1) is 5.82 Å². The number of halogens is 2. The van der Waals surface area contributed by atoms with Gasteiger partial charge in [-0.25, -0.2) is 12.8 Å². The van der Waals surface area contributed by atoms with Crippen molar-refractivity contribution < 1.29 is 22.4 Å². The van der Waals surface area contributed by atoms with Gasteiger partial charge in [0.2, 0.25) is 11.8 Å². The Hall–Kier alpha value is -4.21. The number of nitrogens with zero attached hydrogens (tertiary/aromatic N) is 2. The van der Waals surface area contributed by atoms with Crippen LogP contribution in [0.25, 0.3) is 0 Å². The van der Waals surface area contributed by atoms with E-state index in [1.807, 2.05) is 30.3 Å². The summed E-state index contributed by atoms with van der Waals surface area (Å²) in [6, 6.07) is 28.3. The van der Waals surface area contributed by atoms with E-state index in [1.54, 1.807) is 42.5 Å². The second-order valence-corrected chi connectivity index (χ2v) is 13.7. The Labute approximate surface area is 275 Å². The highest BCUT2D eigenvalue weighted by Gasteiger charge is 2.36. The minimum Gasteiger partial charge on any atom is -0.352 e. The number of hydrogen-bond acceptors (Lipinski definition) is 4. The van der Waals surface area contributed by atoms with Gasteiger partial charge in [-0.2, -0.15) is 0 Å². The van der Waals surface area contributed by atoms with Gasteiger partial charge in [-0.15, -0.1) is 0 Å². The van der Waals surface area contributed by atoms with E-state index in [4.69, 9.17) is 11.6 Å². The number of para-hydroxylation sites is 1. The Balaban J connectivity index is 1.57. The molecule has 1 unspecified atom stereocenters. The van der Waals surface area contributed by atoms with Crippen LogP contribution in [0.4, 0.5) is 10.1 Å². The number of hydrogen-bond donors (Lipinski definition) is 1. The topological polar surface area (TPSA) is 86.8 Å². The molecule has 2 amide bonds. The van der Waals surface area contributed by atoms with Crippen LogP contribution in [-0.4, -0.2) is 43.8 Å². The molecule has 10 heteroatoms. The van der Waals surface area contributed by atoms with Crippen LogP contribution < -0.4 is 9.62 Å². The zero-order chi connectivity index (χ0) is 32.5. The Bertz CT molecular complexity index is 1730. The molecular formula is C36H37ClFN3O4S. The summed E-state index contributed by atoms with van der Waals surface area (Å²) in [5.74, 6) is -1.81. The van der Waals surface area contributed by atoms with Gasteiger partial charge in [-0.3, -0.25) is 13.9 Å². The summed E-state index contributed by atoms with van der Waals surface area (Å²) in [4.78, 5) is 29.9. The molecule has 1 atom stereocenters. The van der Waals surface area contributed by atoms with E-state index in [0.29, 0.717) is 10.6 Å². The fourth-order valence-corrected chi connectivity index (χ4v) is 7.43. The van der Waals surface area contributed by atoms with E-state index in [1.165, 1.54) is 35.2 Å². The maximum atomic E-state index is 15.3. The first kappa shape index (κ1) is 33.2. The lowest BCUT2D eigenvalue weighted by Crippen LogP contribution is -2.55. The van der Waals surface area contributed by atoms with E-state index in [-0.39, 0.29) is 35.5 Å². The summed E-state index contributed by atoms with van der Waals surface area (Å²) >= 11 is 6.55. The van der Waals surface area contributed by atoms with Crippen molar-refractivity contribution in [3.8, 4) is 0 Å². The molecule has 5 rings (SSSR count). The number of carbonyl (C=O) groups excluding carboxylic acids is 2. The maximum absolute atomic E-state index is 15.3. The van der Waals surface area contributed by atoms with E-state index >= 15 is 4.39 Å². The van der Waals surface area contributed by atoms with E-state index < -0.39 is 34.3 Å². The molecule has 1 aliphatic rings. The molecule has 46 heavy (non-hydrogen) atoms. The van der Waals surface area contributed by atoms with Crippen molar-refractivity contribution >= 4 is 39.1 Å². The third-order valence-electron chi connectivity index (χ3n) is 8.25. The second-order valence-electron chi connectivity index (χ2n) is 11.4. The standard InChI is InChI=1S/C36H37ClFN3O4S/c37-31-21-11-10-16-28(31)25-40(34(24-27-14-4-1-5-15-27)36(43)39-29-17-6-2-7-18-29)35(42)26-41(33-23-13-12-22-32(33)38)46(44,45)30-19-8-3-9-20-30/h1,3-5,8-16,19-23,29,34H,2,6-7,17-18,24-26H2,(H,39,43). The van der Waals surface area contributed by atoms with Crippen molar-refractivity contribution in [2.75, 3.05) is 10.8 Å². The largest absolute Gasteiger partial charge is 0.352 e. The second kappa shape index (κ2) is 15.4. The molecular weight excluding hydrogens is 625 g/mol. The third-order valence-corrected chi connectivity index (χ3v) is 10.4. The van der Waals surface area contributed by atoms with Crippen LogP contribution in [-0.2, 0) is 32.6 Å². The zero-order valence-electron chi connectivity index (χ0n) is 25.4. The molecule has 0 aromatic heterocycles. The normalized spacial score (nSPS) is 14.3. The summed E-state index contributed by atoms with van der Waals surface area (Å²) < 4.78 is 44.0. The molecule has 1 N–H and O–H groups in total. The molecule has 0 heterocycles. The van der Waals surface area contributed by atoms with E-state index in [9.17, 15) is 18.0 Å². The highest BCUT2D eigenvalue weighted by atomic mass is 35.5. The summed E-state index contributed by atoms with van der Waals surface area (Å²) in [5, 5.41) is 3.57. The number of sulfonamides is 1. The summed E-state index contributed by atoms with van der Waals surface area (Å²) in [6.07, 6.45) is 4.99. The summed E-state index contributed by atoms with van der Waals surface area (Å²) in [5.41, 5.74) is 1.14. The van der Waals surface area contributed by atoms with Gasteiger partial charge in [0.25, 0.3) is 10.0 Å². The molecule has 0 spiro atoms. The van der Waals surface area contributed by atoms with Crippen LogP contribution in [0.1, 0.15) is 43.2 Å². The average Bonchev–Trinajstić information content (AvgIpc) is 3.07. The third kappa shape index (κ3) is 8.13. The fraction of sp³-hybridized carbons (Fsp3) is 0.278. The number of amides is 2. The Morgan fingerprint density at radius 2 is 1.43 bits per heavy atom. The van der Waals surface area contributed by atoms with E-state index in [0.717, 1.165) is 48.0 Å². The molecule has 0 aliphatic heterocycles. The predicted molar refractivity (Wildman–Crippen MR) is 178 cm³/mol. The zero-order valence-corrected chi connectivity index (χ0v) is 27.0. The van der Waals surface area contributed by atoms with Gasteiger partial charge in [0, 0.05) is 24.0 Å². The van der Waals surface area contributed by atoms with Crippen molar-refractivity contribution in [3.63, 3.8) is 0 Å². The lowest BCUT2D eigenvalue weighted by Gasteiger charge is -2.35. The monoisotopic (exact) mass is 661 g/mol. The Morgan fingerprint density at radius 1 is 0.826 bits per heavy atom.